The zero-order valence-electron chi connectivity index (χ0n) is 6.90. The first-order valence-electron chi connectivity index (χ1n) is 3.82. The summed E-state index contributed by atoms with van der Waals surface area (Å²) in [6.45, 7) is 0. The number of hydrogen-bond acceptors (Lipinski definition) is 2. The molecule has 2 nitrogen and oxygen atoms in total. The Morgan fingerprint density at radius 3 is 2.85 bits per heavy atom. The van der Waals surface area contributed by atoms with Crippen molar-refractivity contribution in [2.24, 2.45) is 0 Å². The van der Waals surface area contributed by atoms with E-state index >= 15 is 0 Å². The van der Waals surface area contributed by atoms with Gasteiger partial charge in [-0.2, -0.15) is 0 Å². The van der Waals surface area contributed by atoms with Crippen molar-refractivity contribution in [2.45, 2.75) is 6.42 Å². The lowest BCUT2D eigenvalue weighted by Gasteiger charge is -1.95. The minimum atomic E-state index is -0.659. The summed E-state index contributed by atoms with van der Waals surface area (Å²) in [5, 5.41) is 8.86. The van der Waals surface area contributed by atoms with Gasteiger partial charge in [-0.3, -0.25) is 0 Å². The number of carbonyl (C=O) groups is 1. The number of halogens is 1. The van der Waals surface area contributed by atoms with Gasteiger partial charge in [0, 0.05) is 6.42 Å². The molecule has 1 aromatic carbocycles. The lowest BCUT2D eigenvalue weighted by atomic mass is 10.2. The van der Waals surface area contributed by atoms with Crippen LogP contribution in [-0.4, -0.2) is 11.4 Å². The number of carbonyl (C=O) groups excluding carboxylic acids is 1. The Bertz CT molecular complexity index is 332. The Hall–Kier alpha value is -1.64. The molecule has 1 rings (SSSR count). The number of phenols is 1. The van der Waals surface area contributed by atoms with Crippen LogP contribution in [0.2, 0.25) is 0 Å². The third-order valence-electron chi connectivity index (χ3n) is 1.51. The monoisotopic (exact) mass is 180 g/mol. The number of benzene rings is 1. The van der Waals surface area contributed by atoms with Crippen LogP contribution in [0, 0.1) is 5.82 Å². The van der Waals surface area contributed by atoms with Gasteiger partial charge in [-0.15, -0.1) is 0 Å². The van der Waals surface area contributed by atoms with Gasteiger partial charge in [-0.1, -0.05) is 18.2 Å². The normalized spacial score (nSPS) is 10.5. The molecular formula is C10H9FO2. The van der Waals surface area contributed by atoms with E-state index in [9.17, 15) is 9.18 Å². The number of phenolic OH excluding ortho intramolecular Hbond substituents is 1. The summed E-state index contributed by atoms with van der Waals surface area (Å²) in [7, 11) is 0. The molecule has 0 atom stereocenters. The second-order valence-corrected chi connectivity index (χ2v) is 2.52. The van der Waals surface area contributed by atoms with Crippen LogP contribution in [0.5, 0.6) is 5.75 Å². The van der Waals surface area contributed by atoms with E-state index < -0.39 is 5.82 Å². The maximum Gasteiger partial charge on any atom is 0.165 e. The van der Waals surface area contributed by atoms with E-state index in [1.807, 2.05) is 0 Å². The van der Waals surface area contributed by atoms with E-state index in [0.29, 0.717) is 12.0 Å². The van der Waals surface area contributed by atoms with Crippen LogP contribution in [0.25, 0.3) is 6.08 Å². The zero-order chi connectivity index (χ0) is 9.68. The Morgan fingerprint density at radius 2 is 2.23 bits per heavy atom. The standard InChI is InChI=1S/C10H9FO2/c11-9-7-8(3-1-2-6-12)4-5-10(9)13/h1,3-7,13H,2H2. The van der Waals surface area contributed by atoms with Crippen molar-refractivity contribution >= 4 is 12.4 Å². The molecule has 0 bridgehead atoms. The summed E-state index contributed by atoms with van der Waals surface area (Å²) >= 11 is 0. The molecule has 1 N–H and O–H groups in total. The first-order valence-corrected chi connectivity index (χ1v) is 3.82. The Labute approximate surface area is 75.3 Å². The maximum absolute atomic E-state index is 12.7. The van der Waals surface area contributed by atoms with Crippen LogP contribution in [-0.2, 0) is 4.79 Å². The van der Waals surface area contributed by atoms with E-state index in [4.69, 9.17) is 5.11 Å². The fourth-order valence-electron chi connectivity index (χ4n) is 0.886. The average molecular weight is 180 g/mol. The Kier molecular flexibility index (Phi) is 3.20. The van der Waals surface area contributed by atoms with Crippen molar-refractivity contribution in [1.29, 1.82) is 0 Å². The fraction of sp³-hybridized carbons (Fsp3) is 0.100. The minimum Gasteiger partial charge on any atom is -0.505 e. The smallest absolute Gasteiger partial charge is 0.165 e. The molecular weight excluding hydrogens is 171 g/mol. The van der Waals surface area contributed by atoms with E-state index in [0.717, 1.165) is 6.29 Å². The van der Waals surface area contributed by atoms with Crippen molar-refractivity contribution < 1.29 is 14.3 Å². The zero-order valence-corrected chi connectivity index (χ0v) is 6.90. The SMILES string of the molecule is O=CCC=Cc1ccc(O)c(F)c1. The summed E-state index contributed by atoms with van der Waals surface area (Å²) < 4.78 is 12.7. The van der Waals surface area contributed by atoms with E-state index in [2.05, 4.69) is 0 Å². The van der Waals surface area contributed by atoms with Gasteiger partial charge < -0.3 is 9.90 Å². The van der Waals surface area contributed by atoms with Gasteiger partial charge in [0.1, 0.15) is 6.29 Å². The molecule has 0 aromatic heterocycles. The van der Waals surface area contributed by atoms with Crippen LogP contribution in [0.3, 0.4) is 0 Å². The van der Waals surface area contributed by atoms with Gasteiger partial charge in [-0.25, -0.2) is 4.39 Å². The van der Waals surface area contributed by atoms with Gasteiger partial charge in [0.2, 0.25) is 0 Å². The second-order valence-electron chi connectivity index (χ2n) is 2.52. The predicted molar refractivity (Wildman–Crippen MR) is 47.8 cm³/mol. The van der Waals surface area contributed by atoms with Crippen LogP contribution in [0.4, 0.5) is 4.39 Å². The average Bonchev–Trinajstić information content (AvgIpc) is 2.12. The third kappa shape index (κ3) is 2.71. The highest BCUT2D eigenvalue weighted by Crippen LogP contribution is 2.16. The van der Waals surface area contributed by atoms with Gasteiger partial charge in [-0.05, 0) is 17.7 Å². The summed E-state index contributed by atoms with van der Waals surface area (Å²) in [4.78, 5) is 9.95. The molecule has 68 valence electrons. The lowest BCUT2D eigenvalue weighted by Crippen LogP contribution is -1.78. The molecule has 13 heavy (non-hydrogen) atoms. The van der Waals surface area contributed by atoms with Crippen LogP contribution >= 0.6 is 0 Å². The third-order valence-corrected chi connectivity index (χ3v) is 1.51. The Balaban J connectivity index is 2.79. The Morgan fingerprint density at radius 1 is 1.46 bits per heavy atom. The molecule has 0 radical (unpaired) electrons. The molecule has 0 saturated heterocycles. The maximum atomic E-state index is 12.7. The predicted octanol–water partition coefficient (Wildman–Crippen LogP) is 2.13. The molecule has 0 aliphatic rings. The highest BCUT2D eigenvalue weighted by atomic mass is 19.1. The summed E-state index contributed by atoms with van der Waals surface area (Å²) in [5.74, 6) is -1.03. The van der Waals surface area contributed by atoms with Gasteiger partial charge in [0.15, 0.2) is 11.6 Å². The van der Waals surface area contributed by atoms with Crippen molar-refractivity contribution in [1.82, 2.24) is 0 Å². The molecule has 0 spiro atoms. The first-order chi connectivity index (χ1) is 6.24. The van der Waals surface area contributed by atoms with Crippen molar-refractivity contribution in [2.75, 3.05) is 0 Å². The van der Waals surface area contributed by atoms with Crippen molar-refractivity contribution in [3.05, 3.63) is 35.7 Å². The van der Waals surface area contributed by atoms with Crippen molar-refractivity contribution in [3.8, 4) is 5.75 Å². The molecule has 3 heteroatoms. The lowest BCUT2D eigenvalue weighted by molar-refractivity contribution is -0.107. The van der Waals surface area contributed by atoms with Crippen LogP contribution < -0.4 is 0 Å². The molecule has 0 aliphatic carbocycles. The number of aldehydes is 1. The number of hydrogen-bond donors (Lipinski definition) is 1. The molecule has 0 aliphatic heterocycles. The van der Waals surface area contributed by atoms with Crippen molar-refractivity contribution in [3.63, 3.8) is 0 Å². The fourth-order valence-corrected chi connectivity index (χ4v) is 0.886. The van der Waals surface area contributed by atoms with Crippen LogP contribution in [0.15, 0.2) is 24.3 Å². The molecule has 0 heterocycles. The van der Waals surface area contributed by atoms with E-state index in [1.54, 1.807) is 18.2 Å². The highest BCUT2D eigenvalue weighted by Gasteiger charge is 1.98. The number of allylic oxidation sites excluding steroid dienone is 1. The molecule has 0 unspecified atom stereocenters. The summed E-state index contributed by atoms with van der Waals surface area (Å²) in [5.41, 5.74) is 0.622. The minimum absolute atomic E-state index is 0.308. The van der Waals surface area contributed by atoms with E-state index in [-0.39, 0.29) is 5.75 Å². The molecule has 0 saturated carbocycles. The van der Waals surface area contributed by atoms with Gasteiger partial charge in [0.05, 0.1) is 0 Å². The largest absolute Gasteiger partial charge is 0.505 e. The topological polar surface area (TPSA) is 37.3 Å². The van der Waals surface area contributed by atoms with Gasteiger partial charge in [0.25, 0.3) is 0 Å². The number of rotatable bonds is 3. The van der Waals surface area contributed by atoms with Crippen LogP contribution in [0.1, 0.15) is 12.0 Å². The molecule has 0 fully saturated rings. The van der Waals surface area contributed by atoms with E-state index in [1.165, 1.54) is 12.1 Å². The second kappa shape index (κ2) is 4.40. The summed E-state index contributed by atoms with van der Waals surface area (Å²) in [6.07, 6.45) is 4.31. The quantitative estimate of drug-likeness (QED) is 0.723. The number of aromatic hydroxyl groups is 1. The first kappa shape index (κ1) is 9.45. The summed E-state index contributed by atoms with van der Waals surface area (Å²) in [6, 6.07) is 4.05. The molecule has 1 aromatic rings. The van der Waals surface area contributed by atoms with Gasteiger partial charge >= 0.3 is 0 Å². The highest BCUT2D eigenvalue weighted by molar-refractivity contribution is 5.58. The molecule has 0 amide bonds.